The Morgan fingerprint density at radius 3 is 2.65 bits per heavy atom. The standard InChI is InChI=1S/C17H28N2O/c1-12-11-19-15(13(2)17(12)20-4)9-10-16(18-3)14-7-5-6-8-14/h11,14,16,18H,5-10H2,1-4H3. The minimum Gasteiger partial charge on any atom is -0.496 e. The Bertz CT molecular complexity index is 439. The van der Waals surface area contributed by atoms with Gasteiger partial charge in [0.15, 0.2) is 0 Å². The molecule has 1 aromatic heterocycles. The van der Waals surface area contributed by atoms with Gasteiger partial charge in [-0.05, 0) is 52.5 Å². The lowest BCUT2D eigenvalue weighted by atomic mass is 9.93. The summed E-state index contributed by atoms with van der Waals surface area (Å²) in [7, 11) is 3.84. The number of pyridine rings is 1. The summed E-state index contributed by atoms with van der Waals surface area (Å²) in [6.45, 7) is 4.18. The third-order valence-electron chi connectivity index (χ3n) is 4.78. The minimum atomic E-state index is 0.631. The molecule has 0 saturated heterocycles. The minimum absolute atomic E-state index is 0.631. The molecule has 0 aromatic carbocycles. The van der Waals surface area contributed by atoms with Gasteiger partial charge in [-0.15, -0.1) is 0 Å². The smallest absolute Gasteiger partial charge is 0.128 e. The topological polar surface area (TPSA) is 34.2 Å². The van der Waals surface area contributed by atoms with E-state index in [4.69, 9.17) is 4.74 Å². The number of nitrogens with zero attached hydrogens (tertiary/aromatic N) is 1. The number of aryl methyl sites for hydroxylation is 2. The van der Waals surface area contributed by atoms with Crippen molar-refractivity contribution in [3.05, 3.63) is 23.0 Å². The van der Waals surface area contributed by atoms with Crippen molar-refractivity contribution < 1.29 is 4.74 Å². The highest BCUT2D eigenvalue weighted by molar-refractivity contribution is 5.41. The van der Waals surface area contributed by atoms with Crippen LogP contribution in [0.1, 0.15) is 48.9 Å². The second-order valence-electron chi connectivity index (χ2n) is 6.02. The summed E-state index contributed by atoms with van der Waals surface area (Å²) in [6, 6.07) is 0.631. The Morgan fingerprint density at radius 1 is 1.35 bits per heavy atom. The summed E-state index contributed by atoms with van der Waals surface area (Å²) in [5.41, 5.74) is 3.51. The van der Waals surface area contributed by atoms with E-state index in [0.717, 1.165) is 23.7 Å². The molecule has 1 fully saturated rings. The average Bonchev–Trinajstić information content (AvgIpc) is 2.96. The Hall–Kier alpha value is -1.09. The Labute approximate surface area is 123 Å². The summed E-state index contributed by atoms with van der Waals surface area (Å²) in [5, 5.41) is 3.51. The van der Waals surface area contributed by atoms with Gasteiger partial charge in [0, 0.05) is 29.1 Å². The van der Waals surface area contributed by atoms with Crippen LogP contribution in [0.4, 0.5) is 0 Å². The molecule has 0 bridgehead atoms. The molecule has 20 heavy (non-hydrogen) atoms. The first-order valence-corrected chi connectivity index (χ1v) is 7.83. The van der Waals surface area contributed by atoms with Crippen LogP contribution in [-0.2, 0) is 6.42 Å². The van der Waals surface area contributed by atoms with Crippen LogP contribution < -0.4 is 10.1 Å². The van der Waals surface area contributed by atoms with E-state index >= 15 is 0 Å². The lowest BCUT2D eigenvalue weighted by Crippen LogP contribution is -2.32. The molecule has 2 rings (SSSR count). The van der Waals surface area contributed by atoms with E-state index in [1.165, 1.54) is 43.4 Å². The van der Waals surface area contributed by atoms with Gasteiger partial charge in [0.25, 0.3) is 0 Å². The highest BCUT2D eigenvalue weighted by Crippen LogP contribution is 2.30. The van der Waals surface area contributed by atoms with Gasteiger partial charge in [-0.25, -0.2) is 0 Å². The van der Waals surface area contributed by atoms with Gasteiger partial charge in [0.05, 0.1) is 7.11 Å². The predicted molar refractivity (Wildman–Crippen MR) is 83.4 cm³/mol. The summed E-state index contributed by atoms with van der Waals surface area (Å²) < 4.78 is 5.49. The Morgan fingerprint density at radius 2 is 2.05 bits per heavy atom. The van der Waals surface area contributed by atoms with Gasteiger partial charge >= 0.3 is 0 Å². The lowest BCUT2D eigenvalue weighted by Gasteiger charge is -2.23. The van der Waals surface area contributed by atoms with Crippen molar-refractivity contribution in [2.24, 2.45) is 5.92 Å². The van der Waals surface area contributed by atoms with E-state index in [0.29, 0.717) is 6.04 Å². The van der Waals surface area contributed by atoms with Crippen molar-refractivity contribution in [2.75, 3.05) is 14.2 Å². The van der Waals surface area contributed by atoms with Crippen molar-refractivity contribution >= 4 is 0 Å². The van der Waals surface area contributed by atoms with Crippen molar-refractivity contribution in [3.63, 3.8) is 0 Å². The van der Waals surface area contributed by atoms with Gasteiger partial charge in [-0.1, -0.05) is 12.8 Å². The molecule has 1 unspecified atom stereocenters. The van der Waals surface area contributed by atoms with E-state index < -0.39 is 0 Å². The third-order valence-corrected chi connectivity index (χ3v) is 4.78. The van der Waals surface area contributed by atoms with Crippen molar-refractivity contribution in [1.82, 2.24) is 10.3 Å². The van der Waals surface area contributed by atoms with Crippen LogP contribution in [0.2, 0.25) is 0 Å². The molecule has 1 saturated carbocycles. The number of nitrogens with one attached hydrogen (secondary N) is 1. The van der Waals surface area contributed by atoms with E-state index in [1.54, 1.807) is 7.11 Å². The molecule has 1 N–H and O–H groups in total. The van der Waals surface area contributed by atoms with E-state index in [2.05, 4.69) is 31.2 Å². The van der Waals surface area contributed by atoms with Gasteiger partial charge < -0.3 is 10.1 Å². The largest absolute Gasteiger partial charge is 0.496 e. The fourth-order valence-corrected chi connectivity index (χ4v) is 3.59. The monoisotopic (exact) mass is 276 g/mol. The van der Waals surface area contributed by atoms with Crippen LogP contribution in [0.3, 0.4) is 0 Å². The van der Waals surface area contributed by atoms with Crippen molar-refractivity contribution in [3.8, 4) is 5.75 Å². The summed E-state index contributed by atoms with van der Waals surface area (Å²) in [4.78, 5) is 4.61. The SMILES string of the molecule is CNC(CCc1ncc(C)c(OC)c1C)C1CCCC1. The lowest BCUT2D eigenvalue weighted by molar-refractivity contribution is 0.358. The number of hydrogen-bond acceptors (Lipinski definition) is 3. The molecular weight excluding hydrogens is 248 g/mol. The van der Waals surface area contributed by atoms with Crippen molar-refractivity contribution in [1.29, 1.82) is 0 Å². The molecule has 1 atom stereocenters. The molecule has 3 heteroatoms. The van der Waals surface area contributed by atoms with Gasteiger partial charge in [-0.3, -0.25) is 4.98 Å². The molecule has 0 spiro atoms. The molecule has 1 aliphatic carbocycles. The zero-order valence-corrected chi connectivity index (χ0v) is 13.3. The van der Waals surface area contributed by atoms with Crippen LogP contribution >= 0.6 is 0 Å². The summed E-state index contributed by atoms with van der Waals surface area (Å²) in [5.74, 6) is 1.85. The number of ether oxygens (including phenoxy) is 1. The molecule has 0 amide bonds. The van der Waals surface area contributed by atoms with Crippen LogP contribution in [0, 0.1) is 19.8 Å². The fraction of sp³-hybridized carbons (Fsp3) is 0.706. The molecular formula is C17H28N2O. The number of methoxy groups -OCH3 is 1. The molecule has 0 radical (unpaired) electrons. The number of aromatic nitrogens is 1. The van der Waals surface area contributed by atoms with E-state index in [-0.39, 0.29) is 0 Å². The zero-order valence-electron chi connectivity index (χ0n) is 13.3. The highest BCUT2D eigenvalue weighted by atomic mass is 16.5. The fourth-order valence-electron chi connectivity index (χ4n) is 3.59. The maximum absolute atomic E-state index is 5.49. The first-order valence-electron chi connectivity index (χ1n) is 7.83. The number of rotatable bonds is 6. The zero-order chi connectivity index (χ0) is 14.5. The van der Waals surface area contributed by atoms with Crippen LogP contribution in [0.25, 0.3) is 0 Å². The first kappa shape index (κ1) is 15.3. The highest BCUT2D eigenvalue weighted by Gasteiger charge is 2.24. The molecule has 3 nitrogen and oxygen atoms in total. The van der Waals surface area contributed by atoms with E-state index in [9.17, 15) is 0 Å². The first-order chi connectivity index (χ1) is 9.67. The Kier molecular flexibility index (Phi) is 5.41. The number of hydrogen-bond donors (Lipinski definition) is 1. The molecule has 1 aliphatic rings. The molecule has 1 heterocycles. The third kappa shape index (κ3) is 3.32. The maximum atomic E-state index is 5.49. The maximum Gasteiger partial charge on any atom is 0.128 e. The van der Waals surface area contributed by atoms with Crippen LogP contribution in [-0.4, -0.2) is 25.2 Å². The molecule has 112 valence electrons. The normalized spacial score (nSPS) is 17.4. The van der Waals surface area contributed by atoms with Gasteiger partial charge in [0.1, 0.15) is 5.75 Å². The summed E-state index contributed by atoms with van der Waals surface area (Å²) in [6.07, 6.45) is 9.71. The Balaban J connectivity index is 2.02. The molecule has 1 aromatic rings. The van der Waals surface area contributed by atoms with Crippen LogP contribution in [0.15, 0.2) is 6.20 Å². The van der Waals surface area contributed by atoms with E-state index in [1.807, 2.05) is 6.20 Å². The summed E-state index contributed by atoms with van der Waals surface area (Å²) >= 11 is 0. The van der Waals surface area contributed by atoms with Gasteiger partial charge in [-0.2, -0.15) is 0 Å². The quantitative estimate of drug-likeness (QED) is 0.864. The molecule has 0 aliphatic heterocycles. The van der Waals surface area contributed by atoms with Gasteiger partial charge in [0.2, 0.25) is 0 Å². The van der Waals surface area contributed by atoms with Crippen molar-refractivity contribution in [2.45, 2.75) is 58.4 Å². The second-order valence-corrected chi connectivity index (χ2v) is 6.02. The second kappa shape index (κ2) is 7.07. The van der Waals surface area contributed by atoms with Crippen LogP contribution in [0.5, 0.6) is 5.75 Å². The average molecular weight is 276 g/mol. The predicted octanol–water partition coefficient (Wildman–Crippen LogP) is 3.42.